The molecule has 0 saturated carbocycles. The Bertz CT molecular complexity index is 680. The Kier molecular flexibility index (Phi) is 7.08. The smallest absolute Gasteiger partial charge is 0.131 e. The molecule has 0 N–H and O–H groups in total. The van der Waals surface area contributed by atoms with Gasteiger partial charge < -0.3 is 4.74 Å². The van der Waals surface area contributed by atoms with Gasteiger partial charge in [-0.05, 0) is 26.8 Å². The molecular formula is C19H31N5O. The topological polar surface area (TPSA) is 56.1 Å². The molecular weight excluding hydrogens is 314 g/mol. The molecule has 2 rings (SSSR count). The van der Waals surface area contributed by atoms with Gasteiger partial charge in [0.2, 0.25) is 0 Å². The van der Waals surface area contributed by atoms with E-state index in [0.717, 1.165) is 43.4 Å². The number of nitrogens with zero attached hydrogens (tertiary/aromatic N) is 5. The molecule has 0 spiro atoms. The summed E-state index contributed by atoms with van der Waals surface area (Å²) in [7, 11) is 1.74. The standard InChI is InChI=1S/C19H31N5O/c1-7-24-16(5)18(15(4)22-24)13-23(10-11-25-6)12-17-8-9-20-19(21-17)14(2)3/h8-9,14H,7,10-13H2,1-6H3. The van der Waals surface area contributed by atoms with E-state index in [1.807, 2.05) is 12.3 Å². The quantitative estimate of drug-likeness (QED) is 0.699. The van der Waals surface area contributed by atoms with E-state index in [0.29, 0.717) is 12.5 Å². The van der Waals surface area contributed by atoms with Gasteiger partial charge in [0.1, 0.15) is 5.82 Å². The average Bonchev–Trinajstić information content (AvgIpc) is 2.87. The summed E-state index contributed by atoms with van der Waals surface area (Å²) in [4.78, 5) is 11.4. The zero-order valence-electron chi connectivity index (χ0n) is 16.4. The number of hydrogen-bond donors (Lipinski definition) is 0. The molecule has 0 aromatic carbocycles. The molecule has 2 aromatic heterocycles. The van der Waals surface area contributed by atoms with Crippen LogP contribution in [0.5, 0.6) is 0 Å². The molecule has 0 saturated heterocycles. The van der Waals surface area contributed by atoms with Crippen LogP contribution in [0.25, 0.3) is 0 Å². The van der Waals surface area contributed by atoms with Crippen molar-refractivity contribution in [2.75, 3.05) is 20.3 Å². The van der Waals surface area contributed by atoms with Crippen LogP contribution < -0.4 is 0 Å². The van der Waals surface area contributed by atoms with Gasteiger partial charge in [0, 0.05) is 56.7 Å². The van der Waals surface area contributed by atoms with Gasteiger partial charge in [-0.2, -0.15) is 5.10 Å². The van der Waals surface area contributed by atoms with Crippen molar-refractivity contribution >= 4 is 0 Å². The Labute approximate surface area is 151 Å². The lowest BCUT2D eigenvalue weighted by molar-refractivity contribution is 0.139. The summed E-state index contributed by atoms with van der Waals surface area (Å²) in [5, 5.41) is 4.64. The third kappa shape index (κ3) is 5.09. The first kappa shape index (κ1) is 19.5. The average molecular weight is 345 g/mol. The van der Waals surface area contributed by atoms with Crippen molar-refractivity contribution in [1.29, 1.82) is 0 Å². The van der Waals surface area contributed by atoms with Crippen LogP contribution in [-0.2, 0) is 24.4 Å². The normalized spacial score (nSPS) is 11.7. The van der Waals surface area contributed by atoms with Crippen LogP contribution >= 0.6 is 0 Å². The lowest BCUT2D eigenvalue weighted by Gasteiger charge is -2.22. The Hall–Kier alpha value is -1.79. The van der Waals surface area contributed by atoms with Crippen LogP contribution in [0.2, 0.25) is 0 Å². The number of hydrogen-bond acceptors (Lipinski definition) is 5. The van der Waals surface area contributed by atoms with E-state index < -0.39 is 0 Å². The molecule has 2 heterocycles. The summed E-state index contributed by atoms with van der Waals surface area (Å²) in [5.74, 6) is 1.23. The van der Waals surface area contributed by atoms with E-state index in [1.165, 1.54) is 11.3 Å². The van der Waals surface area contributed by atoms with E-state index in [2.05, 4.69) is 54.3 Å². The van der Waals surface area contributed by atoms with Gasteiger partial charge in [0.15, 0.2) is 0 Å². The van der Waals surface area contributed by atoms with Crippen LogP contribution in [-0.4, -0.2) is 44.9 Å². The summed E-state index contributed by atoms with van der Waals surface area (Å²) in [6.07, 6.45) is 1.86. The van der Waals surface area contributed by atoms with Gasteiger partial charge in [-0.15, -0.1) is 0 Å². The van der Waals surface area contributed by atoms with E-state index in [1.54, 1.807) is 7.11 Å². The SMILES string of the molecule is CCn1nc(C)c(CN(CCOC)Cc2ccnc(C(C)C)n2)c1C. The zero-order chi connectivity index (χ0) is 18.4. The van der Waals surface area contributed by atoms with Crippen LogP contribution in [0.3, 0.4) is 0 Å². The largest absolute Gasteiger partial charge is 0.383 e. The first-order valence-electron chi connectivity index (χ1n) is 9.02. The summed E-state index contributed by atoms with van der Waals surface area (Å²) in [6.45, 7) is 14.7. The number of aromatic nitrogens is 4. The molecule has 0 amide bonds. The van der Waals surface area contributed by atoms with Crippen molar-refractivity contribution in [1.82, 2.24) is 24.6 Å². The first-order valence-corrected chi connectivity index (χ1v) is 9.02. The Morgan fingerprint density at radius 1 is 1.24 bits per heavy atom. The molecule has 6 nitrogen and oxygen atoms in total. The molecule has 25 heavy (non-hydrogen) atoms. The molecule has 138 valence electrons. The molecule has 6 heteroatoms. The number of rotatable bonds is 9. The van der Waals surface area contributed by atoms with Crippen molar-refractivity contribution in [2.45, 2.75) is 60.2 Å². The fourth-order valence-corrected chi connectivity index (χ4v) is 2.94. The molecule has 0 atom stereocenters. The highest BCUT2D eigenvalue weighted by Crippen LogP contribution is 2.17. The van der Waals surface area contributed by atoms with Gasteiger partial charge in [-0.1, -0.05) is 13.8 Å². The van der Waals surface area contributed by atoms with Gasteiger partial charge in [-0.25, -0.2) is 9.97 Å². The summed E-state index contributed by atoms with van der Waals surface area (Å²) < 4.78 is 7.37. The van der Waals surface area contributed by atoms with E-state index in [4.69, 9.17) is 9.72 Å². The summed E-state index contributed by atoms with van der Waals surface area (Å²) >= 11 is 0. The van der Waals surface area contributed by atoms with E-state index in [9.17, 15) is 0 Å². The van der Waals surface area contributed by atoms with Crippen molar-refractivity contribution in [3.05, 3.63) is 40.7 Å². The van der Waals surface area contributed by atoms with Gasteiger partial charge in [-0.3, -0.25) is 9.58 Å². The zero-order valence-corrected chi connectivity index (χ0v) is 16.4. The number of ether oxygens (including phenoxy) is 1. The first-order chi connectivity index (χ1) is 12.0. The highest BCUT2D eigenvalue weighted by atomic mass is 16.5. The monoisotopic (exact) mass is 345 g/mol. The minimum atomic E-state index is 0.333. The molecule has 0 unspecified atom stereocenters. The summed E-state index contributed by atoms with van der Waals surface area (Å²) in [5.41, 5.74) is 4.70. The number of methoxy groups -OCH3 is 1. The second kappa shape index (κ2) is 9.06. The van der Waals surface area contributed by atoms with E-state index in [-0.39, 0.29) is 0 Å². The van der Waals surface area contributed by atoms with Crippen molar-refractivity contribution in [3.63, 3.8) is 0 Å². The van der Waals surface area contributed by atoms with Gasteiger partial charge >= 0.3 is 0 Å². The van der Waals surface area contributed by atoms with Crippen molar-refractivity contribution in [2.24, 2.45) is 0 Å². The molecule has 0 fully saturated rings. The Morgan fingerprint density at radius 3 is 2.60 bits per heavy atom. The third-order valence-electron chi connectivity index (χ3n) is 4.46. The van der Waals surface area contributed by atoms with Crippen molar-refractivity contribution < 1.29 is 4.74 Å². The van der Waals surface area contributed by atoms with E-state index >= 15 is 0 Å². The number of aryl methyl sites for hydroxylation is 2. The van der Waals surface area contributed by atoms with Gasteiger partial charge in [0.25, 0.3) is 0 Å². The minimum absolute atomic E-state index is 0.333. The molecule has 0 bridgehead atoms. The highest BCUT2D eigenvalue weighted by Gasteiger charge is 2.16. The maximum absolute atomic E-state index is 5.30. The maximum atomic E-state index is 5.30. The second-order valence-electron chi connectivity index (χ2n) is 6.73. The van der Waals surface area contributed by atoms with Crippen LogP contribution in [0.15, 0.2) is 12.3 Å². The maximum Gasteiger partial charge on any atom is 0.131 e. The second-order valence-corrected chi connectivity index (χ2v) is 6.73. The minimum Gasteiger partial charge on any atom is -0.383 e. The predicted molar refractivity (Wildman–Crippen MR) is 99.5 cm³/mol. The highest BCUT2D eigenvalue weighted by molar-refractivity contribution is 5.24. The fraction of sp³-hybridized carbons (Fsp3) is 0.632. The van der Waals surface area contributed by atoms with Crippen LogP contribution in [0, 0.1) is 13.8 Å². The fourth-order valence-electron chi connectivity index (χ4n) is 2.94. The Morgan fingerprint density at radius 2 is 2.00 bits per heavy atom. The van der Waals surface area contributed by atoms with Crippen molar-refractivity contribution in [3.8, 4) is 0 Å². The molecule has 0 radical (unpaired) electrons. The predicted octanol–water partition coefficient (Wildman–Crippen LogP) is 3.08. The lowest BCUT2D eigenvalue weighted by atomic mass is 10.1. The van der Waals surface area contributed by atoms with Crippen LogP contribution in [0.1, 0.15) is 55.2 Å². The van der Waals surface area contributed by atoms with Gasteiger partial charge in [0.05, 0.1) is 18.0 Å². The molecule has 0 aliphatic rings. The lowest BCUT2D eigenvalue weighted by Crippen LogP contribution is -2.28. The third-order valence-corrected chi connectivity index (χ3v) is 4.46. The summed E-state index contributed by atoms with van der Waals surface area (Å²) in [6, 6.07) is 2.00. The molecule has 2 aromatic rings. The molecule has 0 aliphatic carbocycles. The van der Waals surface area contributed by atoms with Crippen LogP contribution in [0.4, 0.5) is 0 Å². The Balaban J connectivity index is 2.19. The molecule has 0 aliphatic heterocycles.